The maximum absolute atomic E-state index is 13.0. The van der Waals surface area contributed by atoms with Crippen LogP contribution in [0.1, 0.15) is 30.4 Å². The molecular weight excluding hydrogens is 372 g/mol. The second-order valence-corrected chi connectivity index (χ2v) is 9.07. The van der Waals surface area contributed by atoms with Crippen LogP contribution in [0.25, 0.3) is 0 Å². The van der Waals surface area contributed by atoms with Crippen molar-refractivity contribution in [2.24, 2.45) is 0 Å². The van der Waals surface area contributed by atoms with Crippen molar-refractivity contribution >= 4 is 21.9 Å². The highest BCUT2D eigenvalue weighted by molar-refractivity contribution is 7.89. The average molecular weight is 396 g/mol. The van der Waals surface area contributed by atoms with E-state index in [1.165, 1.54) is 6.07 Å². The molecule has 1 aliphatic heterocycles. The van der Waals surface area contributed by atoms with Crippen LogP contribution in [0.4, 0.5) is 0 Å². The van der Waals surface area contributed by atoms with Gasteiger partial charge in [-0.05, 0) is 49.9 Å². The van der Waals surface area contributed by atoms with Gasteiger partial charge in [0.15, 0.2) is 6.61 Å². The lowest BCUT2D eigenvalue weighted by Gasteiger charge is -2.22. The lowest BCUT2D eigenvalue weighted by molar-refractivity contribution is -0.151. The van der Waals surface area contributed by atoms with Gasteiger partial charge in [0.1, 0.15) is 6.04 Å². The Morgan fingerprint density at radius 2 is 1.96 bits per heavy atom. The number of hydrogen-bond acceptors (Lipinski definition) is 6. The first-order valence-corrected chi connectivity index (χ1v) is 10.4. The molecule has 3 rings (SSSR count). The summed E-state index contributed by atoms with van der Waals surface area (Å²) >= 11 is 0. The van der Waals surface area contributed by atoms with Crippen LogP contribution in [0, 0.1) is 13.8 Å². The van der Waals surface area contributed by atoms with E-state index in [4.69, 9.17) is 4.74 Å². The number of sulfonamides is 1. The summed E-state index contributed by atoms with van der Waals surface area (Å²) < 4.78 is 31.9. The zero-order chi connectivity index (χ0) is 19.8. The molecule has 2 fully saturated rings. The fourth-order valence-electron chi connectivity index (χ4n) is 3.00. The molecule has 1 aromatic carbocycles. The predicted molar refractivity (Wildman–Crippen MR) is 96.3 cm³/mol. The molecule has 0 bridgehead atoms. The van der Waals surface area contributed by atoms with Crippen LogP contribution >= 0.6 is 0 Å². The molecule has 2 aliphatic rings. The Labute approximate surface area is 158 Å². The molecule has 148 valence electrons. The molecule has 1 aromatic rings. The minimum Gasteiger partial charge on any atom is -0.454 e. The Morgan fingerprint density at radius 1 is 1.26 bits per heavy atom. The number of nitrogens with zero attached hydrogens (tertiary/aromatic N) is 1. The predicted octanol–water partition coefficient (Wildman–Crippen LogP) is 0.249. The number of hydrogen-bond donors (Lipinski definition) is 2. The first-order chi connectivity index (χ1) is 12.7. The summed E-state index contributed by atoms with van der Waals surface area (Å²) in [5.41, 5.74) is 1.76. The topological polar surface area (TPSA) is 113 Å². The Hall–Kier alpha value is -1.97. The molecule has 8 nitrogen and oxygen atoms in total. The maximum atomic E-state index is 13.0. The van der Waals surface area contributed by atoms with E-state index in [0.717, 1.165) is 28.3 Å². The third-order valence-corrected chi connectivity index (χ3v) is 6.75. The lowest BCUT2D eigenvalue weighted by Crippen LogP contribution is -2.42. The van der Waals surface area contributed by atoms with E-state index in [-0.39, 0.29) is 23.9 Å². The van der Waals surface area contributed by atoms with Gasteiger partial charge in [0.2, 0.25) is 10.0 Å². The Bertz CT molecular complexity index is 849. The summed E-state index contributed by atoms with van der Waals surface area (Å²) in [5.74, 6) is -1.24. The third kappa shape index (κ3) is 4.48. The largest absolute Gasteiger partial charge is 0.454 e. The highest BCUT2D eigenvalue weighted by Gasteiger charge is 2.44. The fraction of sp³-hybridized carbons (Fsp3) is 0.556. The lowest BCUT2D eigenvalue weighted by atomic mass is 10.1. The van der Waals surface area contributed by atoms with Crippen LogP contribution in [0.3, 0.4) is 0 Å². The van der Waals surface area contributed by atoms with Gasteiger partial charge in [-0.3, -0.25) is 9.59 Å². The molecule has 1 saturated carbocycles. The first kappa shape index (κ1) is 19.8. The van der Waals surface area contributed by atoms with Crippen molar-refractivity contribution in [1.82, 2.24) is 9.62 Å². The second kappa shape index (κ2) is 7.57. The van der Waals surface area contributed by atoms with Crippen LogP contribution in [-0.2, 0) is 24.3 Å². The van der Waals surface area contributed by atoms with Crippen molar-refractivity contribution in [3.05, 3.63) is 29.3 Å². The van der Waals surface area contributed by atoms with Gasteiger partial charge < -0.3 is 15.2 Å². The maximum Gasteiger partial charge on any atom is 0.325 e. The average Bonchev–Trinajstić information content (AvgIpc) is 3.32. The van der Waals surface area contributed by atoms with Crippen LogP contribution in [-0.4, -0.2) is 61.0 Å². The van der Waals surface area contributed by atoms with Crippen molar-refractivity contribution in [3.63, 3.8) is 0 Å². The van der Waals surface area contributed by atoms with Gasteiger partial charge in [-0.1, -0.05) is 6.07 Å². The van der Waals surface area contributed by atoms with Crippen molar-refractivity contribution < 1.29 is 27.9 Å². The molecule has 0 spiro atoms. The molecule has 2 atom stereocenters. The standard InChI is InChI=1S/C18H24N2O6S/c1-11-3-6-15(7-12(11)2)27(24,25)20-9-14(21)8-16(20)18(23)26-10-17(22)19-13-4-5-13/h3,6-7,13-14,16,21H,4-5,8-10H2,1-2H3,(H,19,22)/t14?,16-/m0/s1. The van der Waals surface area contributed by atoms with Gasteiger partial charge in [-0.2, -0.15) is 4.31 Å². The number of aryl methyl sites for hydroxylation is 2. The molecule has 1 amide bonds. The summed E-state index contributed by atoms with van der Waals surface area (Å²) in [4.78, 5) is 24.1. The van der Waals surface area contributed by atoms with Crippen molar-refractivity contribution in [2.45, 2.75) is 56.2 Å². The number of esters is 1. The SMILES string of the molecule is Cc1ccc(S(=O)(=O)N2CC(O)C[C@H]2C(=O)OCC(=O)NC2CC2)cc1C. The normalized spacial score (nSPS) is 23.2. The van der Waals surface area contributed by atoms with Crippen molar-refractivity contribution in [1.29, 1.82) is 0 Å². The number of amides is 1. The molecule has 0 aromatic heterocycles. The van der Waals surface area contributed by atoms with Crippen LogP contribution < -0.4 is 5.32 Å². The van der Waals surface area contributed by atoms with Gasteiger partial charge in [0.05, 0.1) is 11.0 Å². The summed E-state index contributed by atoms with van der Waals surface area (Å²) in [6.45, 7) is 3.03. The van der Waals surface area contributed by atoms with Gasteiger partial charge in [0, 0.05) is 19.0 Å². The van der Waals surface area contributed by atoms with E-state index in [1.807, 2.05) is 6.92 Å². The van der Waals surface area contributed by atoms with E-state index >= 15 is 0 Å². The molecular formula is C18H24N2O6S. The summed E-state index contributed by atoms with van der Waals surface area (Å²) in [7, 11) is -3.98. The summed E-state index contributed by atoms with van der Waals surface area (Å²) in [6, 6.07) is 3.71. The second-order valence-electron chi connectivity index (χ2n) is 7.18. The molecule has 0 radical (unpaired) electrons. The molecule has 9 heteroatoms. The smallest absolute Gasteiger partial charge is 0.325 e. The number of carbonyl (C=O) groups is 2. The first-order valence-electron chi connectivity index (χ1n) is 8.91. The van der Waals surface area contributed by atoms with Gasteiger partial charge in [0.25, 0.3) is 5.91 Å². The molecule has 1 saturated heterocycles. The number of rotatable bonds is 6. The Kier molecular flexibility index (Phi) is 5.55. The van der Waals surface area contributed by atoms with Crippen molar-refractivity contribution in [3.8, 4) is 0 Å². The van der Waals surface area contributed by atoms with E-state index in [1.54, 1.807) is 19.1 Å². The summed E-state index contributed by atoms with van der Waals surface area (Å²) in [6.07, 6.45) is 0.796. The zero-order valence-electron chi connectivity index (χ0n) is 15.3. The molecule has 1 aliphatic carbocycles. The quantitative estimate of drug-likeness (QED) is 0.667. The molecule has 2 N–H and O–H groups in total. The number of benzene rings is 1. The Balaban J connectivity index is 1.73. The van der Waals surface area contributed by atoms with E-state index in [0.29, 0.717) is 0 Å². The number of aliphatic hydroxyl groups is 1. The third-order valence-electron chi connectivity index (χ3n) is 4.88. The summed E-state index contributed by atoms with van der Waals surface area (Å²) in [5, 5.41) is 12.6. The van der Waals surface area contributed by atoms with Crippen LogP contribution in [0.2, 0.25) is 0 Å². The molecule has 1 unspecified atom stereocenters. The van der Waals surface area contributed by atoms with Crippen molar-refractivity contribution in [2.75, 3.05) is 13.2 Å². The number of aliphatic hydroxyl groups excluding tert-OH is 1. The van der Waals surface area contributed by atoms with Gasteiger partial charge >= 0.3 is 5.97 Å². The zero-order valence-corrected chi connectivity index (χ0v) is 16.2. The van der Waals surface area contributed by atoms with Crippen LogP contribution in [0.15, 0.2) is 23.1 Å². The molecule has 1 heterocycles. The van der Waals surface area contributed by atoms with E-state index in [2.05, 4.69) is 5.32 Å². The highest BCUT2D eigenvalue weighted by Crippen LogP contribution is 2.28. The minimum absolute atomic E-state index is 0.0592. The van der Waals surface area contributed by atoms with Gasteiger partial charge in [-0.15, -0.1) is 0 Å². The molecule has 27 heavy (non-hydrogen) atoms. The number of β-amino-alcohol motifs (C(OH)–C–C–N with tert-alkyl or cyclic N) is 1. The highest BCUT2D eigenvalue weighted by atomic mass is 32.2. The minimum atomic E-state index is -3.98. The number of carbonyl (C=O) groups excluding carboxylic acids is 2. The monoisotopic (exact) mass is 396 g/mol. The fourth-order valence-corrected chi connectivity index (χ4v) is 4.72. The van der Waals surface area contributed by atoms with Crippen LogP contribution in [0.5, 0.6) is 0 Å². The number of nitrogens with one attached hydrogen (secondary N) is 1. The van der Waals surface area contributed by atoms with E-state index < -0.39 is 40.7 Å². The Morgan fingerprint density at radius 3 is 2.59 bits per heavy atom. The van der Waals surface area contributed by atoms with E-state index in [9.17, 15) is 23.1 Å². The number of ether oxygens (including phenoxy) is 1. The van der Waals surface area contributed by atoms with Gasteiger partial charge in [-0.25, -0.2) is 8.42 Å².